The van der Waals surface area contributed by atoms with E-state index in [2.05, 4.69) is 26.1 Å². The molecular formula is C31H40N4O6S. The first-order chi connectivity index (χ1) is 20.1. The first-order valence-electron chi connectivity index (χ1n) is 13.8. The zero-order valence-electron chi connectivity index (χ0n) is 25.4. The highest BCUT2D eigenvalue weighted by Gasteiger charge is 2.40. The molecule has 0 radical (unpaired) electrons. The van der Waals surface area contributed by atoms with Crippen LogP contribution in [0.4, 0.5) is 5.82 Å². The van der Waals surface area contributed by atoms with Crippen molar-refractivity contribution in [3.8, 4) is 22.9 Å². The van der Waals surface area contributed by atoms with Crippen molar-refractivity contribution in [1.29, 1.82) is 0 Å². The lowest BCUT2D eigenvalue weighted by molar-refractivity contribution is -0.122. The van der Waals surface area contributed by atoms with Crippen LogP contribution in [-0.2, 0) is 19.7 Å². The second-order valence-electron chi connectivity index (χ2n) is 10.9. The van der Waals surface area contributed by atoms with E-state index in [4.69, 9.17) is 24.0 Å². The summed E-state index contributed by atoms with van der Waals surface area (Å²) in [6.07, 6.45) is 0.677. The number of ether oxygens (including phenoxy) is 4. The standard InChI is InChI=1S/C31H40N4O6S/c1-31(2,3)29-27-28(20-9-14-23(40-6)24(17-20)41-7)42-19-26(37)34(18-25(36)32-15-8-16-38-4)30(27)35(33-29)21-10-12-22(39-5)13-11-21/h9-14,17,28H,8,15-16,18-19H2,1-7H3,(H,32,36). The van der Waals surface area contributed by atoms with Crippen molar-refractivity contribution >= 4 is 29.4 Å². The molecule has 226 valence electrons. The fourth-order valence-electron chi connectivity index (χ4n) is 4.90. The number of hydrogen-bond acceptors (Lipinski definition) is 8. The third-order valence-electron chi connectivity index (χ3n) is 6.98. The van der Waals surface area contributed by atoms with Crippen LogP contribution in [0.3, 0.4) is 0 Å². The van der Waals surface area contributed by atoms with Crippen LogP contribution >= 0.6 is 11.8 Å². The molecule has 1 aromatic heterocycles. The van der Waals surface area contributed by atoms with Gasteiger partial charge in [-0.1, -0.05) is 26.8 Å². The molecule has 2 amide bonds. The van der Waals surface area contributed by atoms with Gasteiger partial charge in [-0.2, -0.15) is 5.10 Å². The van der Waals surface area contributed by atoms with Crippen LogP contribution in [-0.4, -0.2) is 75.5 Å². The molecule has 10 nitrogen and oxygen atoms in total. The summed E-state index contributed by atoms with van der Waals surface area (Å²) in [6.45, 7) is 7.16. The van der Waals surface area contributed by atoms with Crippen LogP contribution < -0.4 is 24.4 Å². The normalized spacial score (nSPS) is 15.2. The van der Waals surface area contributed by atoms with Gasteiger partial charge in [0.1, 0.15) is 18.1 Å². The summed E-state index contributed by atoms with van der Waals surface area (Å²) in [6, 6.07) is 13.3. The number of carbonyl (C=O) groups excluding carboxylic acids is 2. The van der Waals surface area contributed by atoms with E-state index in [0.717, 1.165) is 22.5 Å². The smallest absolute Gasteiger partial charge is 0.240 e. The molecule has 2 heterocycles. The first kappa shape index (κ1) is 31.2. The minimum Gasteiger partial charge on any atom is -0.497 e. The highest BCUT2D eigenvalue weighted by atomic mass is 32.2. The van der Waals surface area contributed by atoms with Gasteiger partial charge in [-0.15, -0.1) is 11.8 Å². The Kier molecular flexibility index (Phi) is 10.1. The Morgan fingerprint density at radius 2 is 1.74 bits per heavy atom. The Labute approximate surface area is 251 Å². The van der Waals surface area contributed by atoms with Crippen LogP contribution in [0.1, 0.15) is 49.3 Å². The Hall–Kier alpha value is -3.70. The number of amides is 2. The molecule has 3 aromatic rings. The predicted octanol–water partition coefficient (Wildman–Crippen LogP) is 4.52. The molecule has 0 saturated heterocycles. The third-order valence-corrected chi connectivity index (χ3v) is 8.23. The minimum atomic E-state index is -0.376. The Morgan fingerprint density at radius 3 is 2.36 bits per heavy atom. The third kappa shape index (κ3) is 6.68. The van der Waals surface area contributed by atoms with E-state index in [9.17, 15) is 9.59 Å². The van der Waals surface area contributed by atoms with Crippen LogP contribution in [0.5, 0.6) is 17.2 Å². The molecule has 0 aliphatic carbocycles. The van der Waals surface area contributed by atoms with Gasteiger partial charge in [-0.3, -0.25) is 14.5 Å². The Balaban J connectivity index is 1.92. The van der Waals surface area contributed by atoms with Gasteiger partial charge in [0.05, 0.1) is 43.7 Å². The number of methoxy groups -OCH3 is 4. The van der Waals surface area contributed by atoms with Crippen molar-refractivity contribution in [3.05, 3.63) is 59.3 Å². The van der Waals surface area contributed by atoms with E-state index in [1.165, 1.54) is 11.8 Å². The van der Waals surface area contributed by atoms with Gasteiger partial charge in [0.2, 0.25) is 11.8 Å². The number of nitrogens with one attached hydrogen (secondary N) is 1. The van der Waals surface area contributed by atoms with Crippen molar-refractivity contribution in [1.82, 2.24) is 15.1 Å². The molecule has 2 aromatic carbocycles. The van der Waals surface area contributed by atoms with Crippen molar-refractivity contribution < 1.29 is 28.5 Å². The summed E-state index contributed by atoms with van der Waals surface area (Å²) in [7, 11) is 6.44. The lowest BCUT2D eigenvalue weighted by atomic mass is 9.87. The summed E-state index contributed by atoms with van der Waals surface area (Å²) < 4.78 is 23.4. The van der Waals surface area contributed by atoms with Crippen molar-refractivity contribution in [3.63, 3.8) is 0 Å². The number of thioether (sulfide) groups is 1. The van der Waals surface area contributed by atoms with Gasteiger partial charge in [-0.05, 0) is 48.4 Å². The highest BCUT2D eigenvalue weighted by Crippen LogP contribution is 2.49. The lowest BCUT2D eigenvalue weighted by Crippen LogP contribution is -2.42. The molecule has 4 rings (SSSR count). The summed E-state index contributed by atoms with van der Waals surface area (Å²) in [5, 5.41) is 7.78. The number of hydrogen-bond donors (Lipinski definition) is 1. The summed E-state index contributed by atoms with van der Waals surface area (Å²) >= 11 is 1.51. The molecule has 42 heavy (non-hydrogen) atoms. The van der Waals surface area contributed by atoms with Crippen LogP contribution in [0.25, 0.3) is 5.69 Å². The van der Waals surface area contributed by atoms with Crippen LogP contribution in [0.15, 0.2) is 42.5 Å². The van der Waals surface area contributed by atoms with Crippen molar-refractivity contribution in [2.75, 3.05) is 58.8 Å². The molecule has 1 N–H and O–H groups in total. The quantitative estimate of drug-likeness (QED) is 0.323. The molecule has 1 aliphatic rings. The van der Waals surface area contributed by atoms with Gasteiger partial charge in [0.15, 0.2) is 11.5 Å². The number of benzene rings is 2. The fourth-order valence-corrected chi connectivity index (χ4v) is 6.09. The van der Waals surface area contributed by atoms with Gasteiger partial charge in [0, 0.05) is 31.2 Å². The van der Waals surface area contributed by atoms with E-state index in [-0.39, 0.29) is 34.8 Å². The van der Waals surface area contributed by atoms with Crippen molar-refractivity contribution in [2.24, 2.45) is 0 Å². The average Bonchev–Trinajstić information content (AvgIpc) is 3.32. The first-order valence-corrected chi connectivity index (χ1v) is 14.8. The molecule has 0 bridgehead atoms. The van der Waals surface area contributed by atoms with Crippen molar-refractivity contribution in [2.45, 2.75) is 37.9 Å². The Morgan fingerprint density at radius 1 is 1.02 bits per heavy atom. The maximum absolute atomic E-state index is 13.8. The highest BCUT2D eigenvalue weighted by molar-refractivity contribution is 8.00. The largest absolute Gasteiger partial charge is 0.497 e. The molecule has 11 heteroatoms. The number of anilines is 1. The van der Waals surface area contributed by atoms with Gasteiger partial charge < -0.3 is 24.3 Å². The van der Waals surface area contributed by atoms with E-state index >= 15 is 0 Å². The zero-order valence-corrected chi connectivity index (χ0v) is 26.2. The molecule has 1 unspecified atom stereocenters. The molecule has 1 atom stereocenters. The summed E-state index contributed by atoms with van der Waals surface area (Å²) in [5.41, 5.74) is 3.03. The number of carbonyl (C=O) groups is 2. The zero-order chi connectivity index (χ0) is 30.4. The Bertz CT molecular complexity index is 1400. The predicted molar refractivity (Wildman–Crippen MR) is 165 cm³/mol. The fraction of sp³-hybridized carbons (Fsp3) is 0.452. The summed E-state index contributed by atoms with van der Waals surface area (Å²) in [5.74, 6) is 2.25. The molecule has 0 fully saturated rings. The van der Waals surface area contributed by atoms with E-state index in [0.29, 0.717) is 42.6 Å². The van der Waals surface area contributed by atoms with Crippen LogP contribution in [0.2, 0.25) is 0 Å². The van der Waals surface area contributed by atoms with Gasteiger partial charge >= 0.3 is 0 Å². The van der Waals surface area contributed by atoms with Crippen LogP contribution in [0, 0.1) is 0 Å². The lowest BCUT2D eigenvalue weighted by Gasteiger charge is -2.25. The minimum absolute atomic E-state index is 0.135. The second kappa shape index (κ2) is 13.5. The molecule has 1 aliphatic heterocycles. The summed E-state index contributed by atoms with van der Waals surface area (Å²) in [4.78, 5) is 28.6. The molecular weight excluding hydrogens is 556 g/mol. The monoisotopic (exact) mass is 596 g/mol. The van der Waals surface area contributed by atoms with E-state index < -0.39 is 0 Å². The number of fused-ring (bicyclic) bond motifs is 1. The maximum Gasteiger partial charge on any atom is 0.240 e. The number of aromatic nitrogens is 2. The van der Waals surface area contributed by atoms with Gasteiger partial charge in [-0.25, -0.2) is 4.68 Å². The molecule has 0 saturated carbocycles. The van der Waals surface area contributed by atoms with E-state index in [1.54, 1.807) is 38.0 Å². The average molecular weight is 597 g/mol. The topological polar surface area (TPSA) is 104 Å². The SMILES string of the molecule is COCCCNC(=O)CN1C(=O)CSC(c2ccc(OC)c(OC)c2)c2c(C(C)(C)C)nn(-c3ccc(OC)cc3)c21. The molecule has 0 spiro atoms. The van der Waals surface area contributed by atoms with Gasteiger partial charge in [0.25, 0.3) is 0 Å². The number of nitrogens with zero attached hydrogens (tertiary/aromatic N) is 3. The maximum atomic E-state index is 13.8. The van der Waals surface area contributed by atoms with E-state index in [1.807, 2.05) is 42.5 Å². The second-order valence-corrected chi connectivity index (χ2v) is 12.0. The number of rotatable bonds is 11.